The van der Waals surface area contributed by atoms with E-state index in [2.05, 4.69) is 37.8 Å². The summed E-state index contributed by atoms with van der Waals surface area (Å²) in [5, 5.41) is 10.2. The average Bonchev–Trinajstić information content (AvgIpc) is 3.26. The minimum Gasteiger partial charge on any atom is -0.391 e. The van der Waals surface area contributed by atoms with Crippen LogP contribution in [-0.2, 0) is 6.54 Å². The predicted molar refractivity (Wildman–Crippen MR) is 95.2 cm³/mol. The van der Waals surface area contributed by atoms with E-state index >= 15 is 0 Å². The molecule has 1 fully saturated rings. The van der Waals surface area contributed by atoms with Gasteiger partial charge in [0.1, 0.15) is 6.33 Å². The summed E-state index contributed by atoms with van der Waals surface area (Å²) < 4.78 is 2.01. The molecule has 4 rings (SSSR count). The molecule has 1 aliphatic carbocycles. The first-order valence-electron chi connectivity index (χ1n) is 8.77. The minimum absolute atomic E-state index is 0.0566. The molecule has 1 N–H and O–H groups in total. The molecular weight excluding hydrogens is 316 g/mol. The van der Waals surface area contributed by atoms with Crippen molar-refractivity contribution in [1.29, 1.82) is 0 Å². The Morgan fingerprint density at radius 2 is 2.20 bits per heavy atom. The van der Waals surface area contributed by atoms with Crippen molar-refractivity contribution >= 4 is 17.0 Å². The lowest BCUT2D eigenvalue weighted by molar-refractivity contribution is 0.138. The van der Waals surface area contributed by atoms with Crippen molar-refractivity contribution < 1.29 is 5.11 Å². The first kappa shape index (κ1) is 16.0. The number of pyridine rings is 1. The molecule has 3 heterocycles. The summed E-state index contributed by atoms with van der Waals surface area (Å²) in [6.07, 6.45) is 9.53. The third kappa shape index (κ3) is 2.95. The van der Waals surface area contributed by atoms with E-state index in [4.69, 9.17) is 0 Å². The summed E-state index contributed by atoms with van der Waals surface area (Å²) in [4.78, 5) is 19.9. The number of anilines is 1. The number of nitrogens with zero attached hydrogens (tertiary/aromatic N) is 6. The van der Waals surface area contributed by atoms with Crippen LogP contribution in [0.15, 0.2) is 37.2 Å². The molecule has 0 radical (unpaired) electrons. The van der Waals surface area contributed by atoms with E-state index in [1.165, 1.54) is 0 Å². The number of aromatic nitrogens is 5. The Morgan fingerprint density at radius 1 is 1.28 bits per heavy atom. The van der Waals surface area contributed by atoms with Gasteiger partial charge < -0.3 is 14.6 Å². The highest BCUT2D eigenvalue weighted by Crippen LogP contribution is 2.33. The maximum absolute atomic E-state index is 10.2. The molecule has 2 atom stereocenters. The quantitative estimate of drug-likeness (QED) is 0.769. The molecule has 130 valence electrons. The van der Waals surface area contributed by atoms with Gasteiger partial charge in [-0.2, -0.15) is 0 Å². The van der Waals surface area contributed by atoms with Crippen molar-refractivity contribution in [3.63, 3.8) is 0 Å². The average molecular weight is 338 g/mol. The van der Waals surface area contributed by atoms with Crippen LogP contribution in [0.5, 0.6) is 0 Å². The molecule has 3 aromatic heterocycles. The zero-order valence-electron chi connectivity index (χ0n) is 14.3. The Bertz CT molecular complexity index is 849. The van der Waals surface area contributed by atoms with Gasteiger partial charge in [0.05, 0.1) is 18.5 Å². The van der Waals surface area contributed by atoms with E-state index in [0.717, 1.165) is 54.9 Å². The maximum Gasteiger partial charge on any atom is 0.165 e. The normalized spacial score (nSPS) is 20.2. The number of rotatable bonds is 5. The fourth-order valence-electron chi connectivity index (χ4n) is 3.61. The van der Waals surface area contributed by atoms with Crippen LogP contribution in [0.25, 0.3) is 11.2 Å². The van der Waals surface area contributed by atoms with E-state index in [-0.39, 0.29) is 12.1 Å². The Hall–Kier alpha value is -2.54. The van der Waals surface area contributed by atoms with Crippen LogP contribution in [-0.4, -0.2) is 42.3 Å². The van der Waals surface area contributed by atoms with Gasteiger partial charge in [-0.05, 0) is 37.8 Å². The van der Waals surface area contributed by atoms with Crippen molar-refractivity contribution in [2.45, 2.75) is 44.9 Å². The van der Waals surface area contributed by atoms with Crippen LogP contribution in [0.3, 0.4) is 0 Å². The number of aliphatic hydroxyl groups is 1. The fourth-order valence-corrected chi connectivity index (χ4v) is 3.61. The molecule has 0 aromatic carbocycles. The third-order valence-electron chi connectivity index (χ3n) is 4.92. The van der Waals surface area contributed by atoms with E-state index in [0.29, 0.717) is 0 Å². The van der Waals surface area contributed by atoms with Gasteiger partial charge in [0.25, 0.3) is 0 Å². The van der Waals surface area contributed by atoms with Crippen LogP contribution in [0.4, 0.5) is 5.82 Å². The second kappa shape index (κ2) is 6.76. The Kier molecular flexibility index (Phi) is 4.31. The fraction of sp³-hybridized carbons (Fsp3) is 0.444. The zero-order chi connectivity index (χ0) is 17.2. The van der Waals surface area contributed by atoms with Gasteiger partial charge in [0.2, 0.25) is 0 Å². The Labute approximate surface area is 146 Å². The molecule has 25 heavy (non-hydrogen) atoms. The number of aliphatic hydroxyl groups excluding tert-OH is 1. The molecule has 7 heteroatoms. The molecule has 0 amide bonds. The molecule has 0 unspecified atom stereocenters. The van der Waals surface area contributed by atoms with Crippen molar-refractivity contribution in [3.05, 3.63) is 42.7 Å². The lowest BCUT2D eigenvalue weighted by Crippen LogP contribution is -2.24. The van der Waals surface area contributed by atoms with Crippen LogP contribution >= 0.6 is 0 Å². The van der Waals surface area contributed by atoms with Crippen molar-refractivity contribution in [2.75, 3.05) is 11.4 Å². The van der Waals surface area contributed by atoms with Gasteiger partial charge >= 0.3 is 0 Å². The highest BCUT2D eigenvalue weighted by molar-refractivity contribution is 5.83. The van der Waals surface area contributed by atoms with Gasteiger partial charge in [-0.15, -0.1) is 0 Å². The van der Waals surface area contributed by atoms with Crippen LogP contribution < -0.4 is 4.90 Å². The maximum atomic E-state index is 10.2. The van der Waals surface area contributed by atoms with Gasteiger partial charge in [-0.25, -0.2) is 15.0 Å². The summed E-state index contributed by atoms with van der Waals surface area (Å²) in [6, 6.07) is 4.05. The standard InChI is InChI=1S/C18H22N6O/c1-2-23(10-13-5-4-8-19-9-13)17-16-18(21-11-20-17)24(12-22-16)14-6-3-7-15(14)25/h4-5,8-9,11-12,14-15,25H,2-3,6-7,10H2,1H3/t14-,15+/m0/s1. The van der Waals surface area contributed by atoms with E-state index in [1.54, 1.807) is 18.9 Å². The van der Waals surface area contributed by atoms with Gasteiger partial charge in [-0.3, -0.25) is 4.98 Å². The van der Waals surface area contributed by atoms with Gasteiger partial charge in [0.15, 0.2) is 17.0 Å². The number of fused-ring (bicyclic) bond motifs is 1. The topological polar surface area (TPSA) is 80.0 Å². The molecule has 7 nitrogen and oxygen atoms in total. The summed E-state index contributed by atoms with van der Waals surface area (Å²) in [5.41, 5.74) is 2.70. The van der Waals surface area contributed by atoms with Gasteiger partial charge in [-0.1, -0.05) is 6.07 Å². The molecule has 1 saturated carbocycles. The summed E-state index contributed by atoms with van der Waals surface area (Å²) in [6.45, 7) is 3.62. The van der Waals surface area contributed by atoms with E-state index in [1.807, 2.05) is 16.8 Å². The predicted octanol–water partition coefficient (Wildman–Crippen LogP) is 2.33. The van der Waals surface area contributed by atoms with Crippen LogP contribution in [0.1, 0.15) is 37.8 Å². The molecule has 0 saturated heterocycles. The van der Waals surface area contributed by atoms with Crippen molar-refractivity contribution in [3.8, 4) is 0 Å². The smallest absolute Gasteiger partial charge is 0.165 e. The molecule has 0 spiro atoms. The Morgan fingerprint density at radius 3 is 2.92 bits per heavy atom. The lowest BCUT2D eigenvalue weighted by atomic mass is 10.2. The lowest BCUT2D eigenvalue weighted by Gasteiger charge is -2.22. The first-order valence-corrected chi connectivity index (χ1v) is 8.77. The SMILES string of the molecule is CCN(Cc1cccnc1)c1ncnc2c1ncn2[C@H]1CCC[C@H]1O. The van der Waals surface area contributed by atoms with Crippen molar-refractivity contribution in [2.24, 2.45) is 0 Å². The van der Waals surface area contributed by atoms with Gasteiger partial charge in [0, 0.05) is 25.5 Å². The molecule has 0 aliphatic heterocycles. The number of hydrogen-bond acceptors (Lipinski definition) is 6. The number of imidazole rings is 1. The number of hydrogen-bond donors (Lipinski definition) is 1. The molecular formula is C18H22N6O. The molecule has 0 bridgehead atoms. The summed E-state index contributed by atoms with van der Waals surface area (Å²) >= 11 is 0. The van der Waals surface area contributed by atoms with E-state index in [9.17, 15) is 5.11 Å². The zero-order valence-corrected chi connectivity index (χ0v) is 14.3. The van der Waals surface area contributed by atoms with Crippen molar-refractivity contribution in [1.82, 2.24) is 24.5 Å². The van der Waals surface area contributed by atoms with Crippen LogP contribution in [0, 0.1) is 0 Å². The Balaban J connectivity index is 1.71. The molecule has 1 aliphatic rings. The monoisotopic (exact) mass is 338 g/mol. The van der Waals surface area contributed by atoms with Crippen LogP contribution in [0.2, 0.25) is 0 Å². The molecule has 3 aromatic rings. The largest absolute Gasteiger partial charge is 0.391 e. The second-order valence-electron chi connectivity index (χ2n) is 6.46. The van der Waals surface area contributed by atoms with E-state index < -0.39 is 0 Å². The first-order chi connectivity index (χ1) is 12.3. The second-order valence-corrected chi connectivity index (χ2v) is 6.46. The third-order valence-corrected chi connectivity index (χ3v) is 4.92. The summed E-state index contributed by atoms with van der Waals surface area (Å²) in [7, 11) is 0. The minimum atomic E-state index is -0.325. The summed E-state index contributed by atoms with van der Waals surface area (Å²) in [5.74, 6) is 0.822. The highest BCUT2D eigenvalue weighted by Gasteiger charge is 2.29. The highest BCUT2D eigenvalue weighted by atomic mass is 16.3.